The lowest BCUT2D eigenvalue weighted by atomic mass is 10.1. The number of alkyl halides is 3. The Bertz CT molecular complexity index is 350. The molecule has 0 amide bonds. The van der Waals surface area contributed by atoms with Crippen LogP contribution in [0.2, 0.25) is 0 Å². The van der Waals surface area contributed by atoms with Crippen LogP contribution >= 0.6 is 0 Å². The van der Waals surface area contributed by atoms with Gasteiger partial charge in [-0.2, -0.15) is 18.3 Å². The van der Waals surface area contributed by atoms with Crippen molar-refractivity contribution >= 4 is 0 Å². The van der Waals surface area contributed by atoms with Crippen molar-refractivity contribution in [2.24, 2.45) is 0 Å². The highest BCUT2D eigenvalue weighted by molar-refractivity contribution is 5.04. The monoisotopic (exact) mass is 233 g/mol. The van der Waals surface area contributed by atoms with E-state index in [1.807, 2.05) is 7.05 Å². The second kappa shape index (κ2) is 4.08. The van der Waals surface area contributed by atoms with Crippen molar-refractivity contribution in [2.45, 2.75) is 25.1 Å². The zero-order chi connectivity index (χ0) is 11.8. The topological polar surface area (TPSA) is 21.1 Å². The third kappa shape index (κ3) is 2.37. The van der Waals surface area contributed by atoms with Crippen molar-refractivity contribution in [3.05, 3.63) is 18.0 Å². The number of aromatic nitrogens is 2. The van der Waals surface area contributed by atoms with E-state index in [9.17, 15) is 13.2 Å². The van der Waals surface area contributed by atoms with E-state index in [1.54, 1.807) is 0 Å². The maximum atomic E-state index is 12.3. The van der Waals surface area contributed by atoms with Gasteiger partial charge in [0.1, 0.15) is 0 Å². The summed E-state index contributed by atoms with van der Waals surface area (Å²) in [5.41, 5.74) is -0.800. The van der Waals surface area contributed by atoms with Gasteiger partial charge in [-0.05, 0) is 39.0 Å². The molecule has 1 saturated heterocycles. The van der Waals surface area contributed by atoms with Crippen LogP contribution in [0.5, 0.6) is 0 Å². The molecule has 1 aromatic rings. The van der Waals surface area contributed by atoms with Crippen LogP contribution in [-0.4, -0.2) is 34.8 Å². The van der Waals surface area contributed by atoms with Crippen LogP contribution in [0.15, 0.2) is 12.3 Å². The molecule has 1 aromatic heterocycles. The maximum Gasteiger partial charge on any atom is 0.435 e. The minimum absolute atomic E-state index is 0.104. The predicted octanol–water partition coefficient (Wildman–Crippen LogP) is 2.17. The number of hydrogen-bond acceptors (Lipinski definition) is 2. The van der Waals surface area contributed by atoms with Crippen LogP contribution in [0.4, 0.5) is 13.2 Å². The lowest BCUT2D eigenvalue weighted by Crippen LogP contribution is -2.31. The molecule has 0 N–H and O–H groups in total. The van der Waals surface area contributed by atoms with Crippen molar-refractivity contribution in [3.63, 3.8) is 0 Å². The van der Waals surface area contributed by atoms with Crippen molar-refractivity contribution < 1.29 is 13.2 Å². The number of nitrogens with zero attached hydrogens (tertiary/aromatic N) is 3. The summed E-state index contributed by atoms with van der Waals surface area (Å²) in [6.45, 7) is 1.82. The summed E-state index contributed by atoms with van der Waals surface area (Å²) in [5, 5.41) is 3.60. The van der Waals surface area contributed by atoms with Crippen molar-refractivity contribution in [3.8, 4) is 0 Å². The highest BCUT2D eigenvalue weighted by atomic mass is 19.4. The molecular formula is C10H14F3N3. The Kier molecular flexibility index (Phi) is 2.92. The van der Waals surface area contributed by atoms with Crippen molar-refractivity contribution in [1.29, 1.82) is 0 Å². The van der Waals surface area contributed by atoms with Crippen LogP contribution in [0.3, 0.4) is 0 Å². The van der Waals surface area contributed by atoms with E-state index in [0.29, 0.717) is 0 Å². The average Bonchev–Trinajstić information content (AvgIpc) is 2.67. The molecule has 90 valence electrons. The molecule has 6 heteroatoms. The Morgan fingerprint density at radius 1 is 1.31 bits per heavy atom. The smallest absolute Gasteiger partial charge is 0.306 e. The zero-order valence-electron chi connectivity index (χ0n) is 9.04. The van der Waals surface area contributed by atoms with Gasteiger partial charge < -0.3 is 4.90 Å². The molecule has 16 heavy (non-hydrogen) atoms. The summed E-state index contributed by atoms with van der Waals surface area (Å²) in [6.07, 6.45) is -1.19. The Balaban J connectivity index is 2.08. The maximum absolute atomic E-state index is 12.3. The summed E-state index contributed by atoms with van der Waals surface area (Å²) in [7, 11) is 2.01. The van der Waals surface area contributed by atoms with E-state index in [0.717, 1.165) is 32.0 Å². The number of rotatable bonds is 1. The lowest BCUT2D eigenvalue weighted by Gasteiger charge is -2.29. The third-order valence-corrected chi connectivity index (χ3v) is 2.96. The molecule has 2 rings (SSSR count). The quantitative estimate of drug-likeness (QED) is 0.741. The van der Waals surface area contributed by atoms with Crippen molar-refractivity contribution in [2.75, 3.05) is 20.1 Å². The van der Waals surface area contributed by atoms with E-state index < -0.39 is 11.9 Å². The molecule has 0 unspecified atom stereocenters. The minimum atomic E-state index is -4.34. The molecule has 1 aliphatic heterocycles. The molecule has 1 fully saturated rings. The van der Waals surface area contributed by atoms with Gasteiger partial charge in [-0.1, -0.05) is 0 Å². The summed E-state index contributed by atoms with van der Waals surface area (Å²) in [5.74, 6) is 0. The van der Waals surface area contributed by atoms with E-state index in [2.05, 4.69) is 10.00 Å². The molecule has 0 bridgehead atoms. The van der Waals surface area contributed by atoms with E-state index >= 15 is 0 Å². The van der Waals surface area contributed by atoms with Crippen molar-refractivity contribution in [1.82, 2.24) is 14.7 Å². The second-order valence-electron chi connectivity index (χ2n) is 4.21. The van der Waals surface area contributed by atoms with E-state index in [-0.39, 0.29) is 6.04 Å². The highest BCUT2D eigenvalue weighted by Gasteiger charge is 2.34. The van der Waals surface area contributed by atoms with Crippen LogP contribution in [-0.2, 0) is 6.18 Å². The fraction of sp³-hybridized carbons (Fsp3) is 0.700. The predicted molar refractivity (Wildman–Crippen MR) is 53.0 cm³/mol. The summed E-state index contributed by atoms with van der Waals surface area (Å²) >= 11 is 0. The van der Waals surface area contributed by atoms with Gasteiger partial charge in [-0.15, -0.1) is 0 Å². The van der Waals surface area contributed by atoms with Gasteiger partial charge in [0.2, 0.25) is 0 Å². The highest BCUT2D eigenvalue weighted by Crippen LogP contribution is 2.29. The van der Waals surface area contributed by atoms with Gasteiger partial charge in [0.15, 0.2) is 5.69 Å². The van der Waals surface area contributed by atoms with E-state index in [1.165, 1.54) is 10.9 Å². The Hall–Kier alpha value is -1.04. The fourth-order valence-electron chi connectivity index (χ4n) is 1.95. The van der Waals surface area contributed by atoms with Gasteiger partial charge in [-0.25, -0.2) is 0 Å². The first-order valence-electron chi connectivity index (χ1n) is 5.28. The molecule has 0 radical (unpaired) electrons. The number of likely N-dealkylation sites (tertiary alicyclic amines) is 1. The second-order valence-corrected chi connectivity index (χ2v) is 4.21. The number of hydrogen-bond donors (Lipinski definition) is 0. The van der Waals surface area contributed by atoms with Crippen LogP contribution < -0.4 is 0 Å². The summed E-state index contributed by atoms with van der Waals surface area (Å²) in [4.78, 5) is 2.17. The molecule has 0 saturated carbocycles. The fourth-order valence-corrected chi connectivity index (χ4v) is 1.95. The van der Waals surface area contributed by atoms with Crippen LogP contribution in [0.25, 0.3) is 0 Å². The van der Waals surface area contributed by atoms with Crippen LogP contribution in [0.1, 0.15) is 24.6 Å². The van der Waals surface area contributed by atoms with Gasteiger partial charge in [0, 0.05) is 6.20 Å². The standard InChI is InChI=1S/C10H14F3N3/c1-15-5-2-8(3-6-15)16-7-4-9(14-16)10(11,12)13/h4,7-8H,2-3,5-6H2,1H3. The largest absolute Gasteiger partial charge is 0.435 e. The summed E-state index contributed by atoms with van der Waals surface area (Å²) in [6, 6.07) is 1.14. The third-order valence-electron chi connectivity index (χ3n) is 2.96. The number of halogens is 3. The first-order valence-corrected chi connectivity index (χ1v) is 5.28. The molecule has 0 atom stereocenters. The molecular weight excluding hydrogens is 219 g/mol. The molecule has 1 aliphatic rings. The summed E-state index contributed by atoms with van der Waals surface area (Å²) < 4.78 is 38.5. The van der Waals surface area contributed by atoms with Gasteiger partial charge in [-0.3, -0.25) is 4.68 Å². The normalized spacial score (nSPS) is 20.2. The van der Waals surface area contributed by atoms with Gasteiger partial charge in [0.05, 0.1) is 6.04 Å². The first kappa shape index (κ1) is 11.4. The van der Waals surface area contributed by atoms with Gasteiger partial charge in [0.25, 0.3) is 0 Å². The SMILES string of the molecule is CN1CCC(n2ccc(C(F)(F)F)n2)CC1. The minimum Gasteiger partial charge on any atom is -0.306 e. The van der Waals surface area contributed by atoms with Gasteiger partial charge >= 0.3 is 6.18 Å². The molecule has 0 aromatic carbocycles. The molecule has 0 aliphatic carbocycles. The lowest BCUT2D eigenvalue weighted by molar-refractivity contribution is -0.141. The van der Waals surface area contributed by atoms with E-state index in [4.69, 9.17) is 0 Å². The zero-order valence-corrected chi connectivity index (χ0v) is 9.04. The average molecular weight is 233 g/mol. The molecule has 0 spiro atoms. The Labute approximate surface area is 91.8 Å². The number of piperidine rings is 1. The molecule has 2 heterocycles. The Morgan fingerprint density at radius 2 is 1.94 bits per heavy atom. The molecule has 3 nitrogen and oxygen atoms in total. The van der Waals surface area contributed by atoms with Crippen LogP contribution in [0, 0.1) is 0 Å². The Morgan fingerprint density at radius 3 is 2.44 bits per heavy atom. The first-order chi connectivity index (χ1) is 7.47.